The molecule has 2 aliphatic rings. The summed E-state index contributed by atoms with van der Waals surface area (Å²) >= 11 is 0. The Labute approximate surface area is 115 Å². The van der Waals surface area contributed by atoms with Crippen LogP contribution in [0.25, 0.3) is 0 Å². The molecule has 1 aromatic rings. The summed E-state index contributed by atoms with van der Waals surface area (Å²) in [7, 11) is 0. The fourth-order valence-electron chi connectivity index (χ4n) is 3.25. The molecule has 0 N–H and O–H groups in total. The van der Waals surface area contributed by atoms with Gasteiger partial charge in [-0.3, -0.25) is 9.59 Å². The molecule has 0 spiro atoms. The van der Waals surface area contributed by atoms with Gasteiger partial charge in [0.2, 0.25) is 5.91 Å². The second-order valence-corrected chi connectivity index (χ2v) is 5.48. The minimum absolute atomic E-state index is 0.00323. The normalized spacial score (nSPS) is 26.6. The predicted octanol–water partition coefficient (Wildman–Crippen LogP) is 2.75. The van der Waals surface area contributed by atoms with Crippen molar-refractivity contribution in [3.05, 3.63) is 35.4 Å². The molecule has 2 atom stereocenters. The average Bonchev–Trinajstić information content (AvgIpc) is 2.41. The van der Waals surface area contributed by atoms with Crippen LogP contribution in [0.2, 0.25) is 0 Å². The first-order valence-corrected chi connectivity index (χ1v) is 6.84. The largest absolute Gasteiger partial charge is 0.332 e. The molecular formula is C15H15F2NO2. The van der Waals surface area contributed by atoms with E-state index in [1.807, 2.05) is 0 Å². The molecule has 2 saturated heterocycles. The van der Waals surface area contributed by atoms with Crippen LogP contribution < -0.4 is 0 Å². The molecule has 106 valence electrons. The molecule has 5 heteroatoms. The molecular weight excluding hydrogens is 264 g/mol. The molecule has 2 aliphatic heterocycles. The van der Waals surface area contributed by atoms with Gasteiger partial charge >= 0.3 is 0 Å². The first kappa shape index (κ1) is 13.2. The van der Waals surface area contributed by atoms with Gasteiger partial charge in [0.1, 0.15) is 5.78 Å². The number of amides is 1. The van der Waals surface area contributed by atoms with Gasteiger partial charge in [0, 0.05) is 25.3 Å². The van der Waals surface area contributed by atoms with Crippen LogP contribution in [0.5, 0.6) is 0 Å². The Kier molecular flexibility index (Phi) is 3.28. The quantitative estimate of drug-likeness (QED) is 0.792. The zero-order valence-electron chi connectivity index (χ0n) is 10.9. The van der Waals surface area contributed by atoms with Gasteiger partial charge in [-0.05, 0) is 30.5 Å². The van der Waals surface area contributed by atoms with E-state index >= 15 is 0 Å². The van der Waals surface area contributed by atoms with Gasteiger partial charge < -0.3 is 4.90 Å². The standard InChI is InChI=1S/C15H15F2NO2/c16-12-5-4-9(6-13(12)17)14-8-11(19)7-10-2-1-3-15(20)18(10)14/h4-6,10,14H,1-3,7-8H2. The van der Waals surface area contributed by atoms with E-state index in [4.69, 9.17) is 0 Å². The van der Waals surface area contributed by atoms with E-state index in [1.165, 1.54) is 6.07 Å². The van der Waals surface area contributed by atoms with E-state index in [2.05, 4.69) is 0 Å². The van der Waals surface area contributed by atoms with Crippen molar-refractivity contribution < 1.29 is 18.4 Å². The van der Waals surface area contributed by atoms with Crippen LogP contribution in [0.4, 0.5) is 8.78 Å². The Morgan fingerprint density at radius 2 is 1.90 bits per heavy atom. The van der Waals surface area contributed by atoms with Crippen LogP contribution in [0.15, 0.2) is 18.2 Å². The molecule has 0 aliphatic carbocycles. The van der Waals surface area contributed by atoms with Crippen molar-refractivity contribution in [3.63, 3.8) is 0 Å². The van der Waals surface area contributed by atoms with Crippen molar-refractivity contribution in [2.24, 2.45) is 0 Å². The number of rotatable bonds is 1. The highest BCUT2D eigenvalue weighted by molar-refractivity contribution is 5.85. The highest BCUT2D eigenvalue weighted by atomic mass is 19.2. The molecule has 2 fully saturated rings. The summed E-state index contributed by atoms with van der Waals surface area (Å²) in [6.07, 6.45) is 2.62. The molecule has 0 saturated carbocycles. The number of hydrogen-bond acceptors (Lipinski definition) is 2. The van der Waals surface area contributed by atoms with Gasteiger partial charge in [-0.15, -0.1) is 0 Å². The van der Waals surface area contributed by atoms with E-state index in [9.17, 15) is 18.4 Å². The number of carbonyl (C=O) groups excluding carboxylic acids is 2. The van der Waals surface area contributed by atoms with Gasteiger partial charge in [0.15, 0.2) is 11.6 Å². The molecule has 1 aromatic carbocycles. The summed E-state index contributed by atoms with van der Waals surface area (Å²) in [5.41, 5.74) is 0.497. The first-order valence-electron chi connectivity index (χ1n) is 6.84. The maximum Gasteiger partial charge on any atom is 0.223 e. The molecule has 0 bridgehead atoms. The van der Waals surface area contributed by atoms with Gasteiger partial charge in [-0.1, -0.05) is 6.07 Å². The third-order valence-electron chi connectivity index (χ3n) is 4.16. The number of hydrogen-bond donors (Lipinski definition) is 0. The number of benzene rings is 1. The number of piperidine rings is 2. The predicted molar refractivity (Wildman–Crippen MR) is 67.8 cm³/mol. The summed E-state index contributed by atoms with van der Waals surface area (Å²) in [6, 6.07) is 3.06. The Morgan fingerprint density at radius 3 is 2.65 bits per heavy atom. The summed E-state index contributed by atoms with van der Waals surface area (Å²) in [5.74, 6) is -1.78. The Bertz CT molecular complexity index is 573. The lowest BCUT2D eigenvalue weighted by molar-refractivity contribution is -0.145. The van der Waals surface area contributed by atoms with Crippen LogP contribution >= 0.6 is 0 Å². The monoisotopic (exact) mass is 279 g/mol. The second kappa shape index (κ2) is 4.96. The van der Waals surface area contributed by atoms with Gasteiger partial charge in [-0.2, -0.15) is 0 Å². The molecule has 3 nitrogen and oxygen atoms in total. The van der Waals surface area contributed by atoms with Crippen LogP contribution in [0.3, 0.4) is 0 Å². The maximum atomic E-state index is 13.4. The molecule has 20 heavy (non-hydrogen) atoms. The first-order chi connectivity index (χ1) is 9.56. The molecule has 0 aromatic heterocycles. The van der Waals surface area contributed by atoms with Gasteiger partial charge in [0.05, 0.1) is 6.04 Å². The van der Waals surface area contributed by atoms with Gasteiger partial charge in [0.25, 0.3) is 0 Å². The molecule has 0 radical (unpaired) electrons. The summed E-state index contributed by atoms with van der Waals surface area (Å²) in [6.45, 7) is 0. The van der Waals surface area contributed by atoms with Gasteiger partial charge in [-0.25, -0.2) is 8.78 Å². The van der Waals surface area contributed by atoms with Crippen molar-refractivity contribution in [2.75, 3.05) is 0 Å². The third kappa shape index (κ3) is 2.21. The fraction of sp³-hybridized carbons (Fsp3) is 0.467. The van der Waals surface area contributed by atoms with E-state index in [-0.39, 0.29) is 24.2 Å². The number of carbonyl (C=O) groups is 2. The molecule has 1 amide bonds. The topological polar surface area (TPSA) is 37.4 Å². The molecule has 2 heterocycles. The summed E-state index contributed by atoms with van der Waals surface area (Å²) in [5, 5.41) is 0. The van der Waals surface area contributed by atoms with Crippen LogP contribution in [0.1, 0.15) is 43.7 Å². The lowest BCUT2D eigenvalue weighted by atomic mass is 9.85. The van der Waals surface area contributed by atoms with Crippen LogP contribution in [-0.2, 0) is 9.59 Å². The lowest BCUT2D eigenvalue weighted by Gasteiger charge is -2.44. The lowest BCUT2D eigenvalue weighted by Crippen LogP contribution is -2.50. The van der Waals surface area contributed by atoms with Crippen molar-refractivity contribution in [1.82, 2.24) is 4.90 Å². The van der Waals surface area contributed by atoms with E-state index in [0.717, 1.165) is 25.0 Å². The summed E-state index contributed by atoms with van der Waals surface area (Å²) in [4.78, 5) is 25.7. The SMILES string of the molecule is O=C1CC2CCCC(=O)N2C(c2ccc(F)c(F)c2)C1. The number of fused-ring (bicyclic) bond motifs is 1. The highest BCUT2D eigenvalue weighted by Crippen LogP contribution is 2.37. The molecule has 3 rings (SSSR count). The maximum absolute atomic E-state index is 13.4. The Morgan fingerprint density at radius 1 is 1.10 bits per heavy atom. The third-order valence-corrected chi connectivity index (χ3v) is 4.16. The number of Topliss-reactive ketones (excluding diaryl/α,β-unsaturated/α-hetero) is 1. The van der Waals surface area contributed by atoms with Crippen molar-refractivity contribution in [1.29, 1.82) is 0 Å². The van der Waals surface area contributed by atoms with Crippen LogP contribution in [0, 0.1) is 11.6 Å². The minimum Gasteiger partial charge on any atom is -0.332 e. The molecule has 2 unspecified atom stereocenters. The van der Waals surface area contributed by atoms with Crippen molar-refractivity contribution in [2.45, 2.75) is 44.2 Å². The number of ketones is 1. The Balaban J connectivity index is 1.98. The number of halogens is 2. The van der Waals surface area contributed by atoms with E-state index in [0.29, 0.717) is 18.4 Å². The highest BCUT2D eigenvalue weighted by Gasteiger charge is 2.40. The van der Waals surface area contributed by atoms with Crippen molar-refractivity contribution in [3.8, 4) is 0 Å². The number of nitrogens with zero attached hydrogens (tertiary/aromatic N) is 1. The Hall–Kier alpha value is -1.78. The van der Waals surface area contributed by atoms with Crippen molar-refractivity contribution >= 4 is 11.7 Å². The average molecular weight is 279 g/mol. The van der Waals surface area contributed by atoms with E-state index in [1.54, 1.807) is 4.90 Å². The fourth-order valence-corrected chi connectivity index (χ4v) is 3.25. The van der Waals surface area contributed by atoms with E-state index < -0.39 is 17.7 Å². The van der Waals surface area contributed by atoms with Crippen LogP contribution in [-0.4, -0.2) is 22.6 Å². The smallest absolute Gasteiger partial charge is 0.223 e. The second-order valence-electron chi connectivity index (χ2n) is 5.48. The minimum atomic E-state index is -0.943. The zero-order chi connectivity index (χ0) is 14.3. The summed E-state index contributed by atoms with van der Waals surface area (Å²) < 4.78 is 26.4. The zero-order valence-corrected chi connectivity index (χ0v) is 10.9.